The molecule has 0 atom stereocenters. The Balaban J connectivity index is 2.42. The van der Waals surface area contributed by atoms with Crippen LogP contribution in [0.15, 0.2) is 30.6 Å². The summed E-state index contributed by atoms with van der Waals surface area (Å²) in [5.41, 5.74) is 1.32. The monoisotopic (exact) mass is 177 g/mol. The minimum Gasteiger partial charge on any atom is -0.465 e. The van der Waals surface area contributed by atoms with Crippen LogP contribution in [-0.4, -0.2) is 20.8 Å². The molecule has 0 aliphatic heterocycles. The Morgan fingerprint density at radius 3 is 3.23 bits per heavy atom. The Hall–Kier alpha value is -2.04. The summed E-state index contributed by atoms with van der Waals surface area (Å²) in [7, 11) is 0. The topological polar surface area (TPSA) is 66.6 Å². The first-order valence-corrected chi connectivity index (χ1v) is 3.69. The van der Waals surface area contributed by atoms with Crippen molar-refractivity contribution in [2.45, 2.75) is 0 Å². The molecule has 0 aliphatic carbocycles. The van der Waals surface area contributed by atoms with Crippen molar-refractivity contribution in [3.8, 4) is 0 Å². The van der Waals surface area contributed by atoms with E-state index < -0.39 is 6.09 Å². The number of amides is 1. The van der Waals surface area contributed by atoms with Crippen LogP contribution in [-0.2, 0) is 0 Å². The first kappa shape index (κ1) is 7.60. The van der Waals surface area contributed by atoms with Gasteiger partial charge in [-0.2, -0.15) is 5.10 Å². The Morgan fingerprint density at radius 2 is 2.46 bits per heavy atom. The molecule has 2 N–H and O–H groups in total. The summed E-state index contributed by atoms with van der Waals surface area (Å²) in [4.78, 5) is 10.3. The van der Waals surface area contributed by atoms with Gasteiger partial charge < -0.3 is 5.11 Å². The first-order chi connectivity index (χ1) is 6.25. The number of nitrogens with zero attached hydrogens (tertiary/aromatic N) is 2. The van der Waals surface area contributed by atoms with Gasteiger partial charge in [0.05, 0.1) is 17.4 Å². The Kier molecular flexibility index (Phi) is 1.63. The van der Waals surface area contributed by atoms with Gasteiger partial charge in [0.25, 0.3) is 0 Å². The zero-order chi connectivity index (χ0) is 9.26. The highest BCUT2D eigenvalue weighted by atomic mass is 16.4. The highest BCUT2D eigenvalue weighted by molar-refractivity contribution is 5.83. The molecule has 0 spiro atoms. The van der Waals surface area contributed by atoms with Gasteiger partial charge in [0, 0.05) is 6.20 Å². The van der Waals surface area contributed by atoms with Crippen LogP contribution >= 0.6 is 0 Å². The molecule has 0 saturated carbocycles. The highest BCUT2D eigenvalue weighted by Crippen LogP contribution is 2.09. The van der Waals surface area contributed by atoms with Crippen LogP contribution in [0.3, 0.4) is 0 Å². The van der Waals surface area contributed by atoms with Gasteiger partial charge in [-0.3, -0.25) is 5.32 Å². The Morgan fingerprint density at radius 1 is 1.62 bits per heavy atom. The third-order valence-corrected chi connectivity index (χ3v) is 1.63. The highest BCUT2D eigenvalue weighted by Gasteiger charge is 1.99. The molecule has 0 radical (unpaired) electrons. The molecule has 13 heavy (non-hydrogen) atoms. The van der Waals surface area contributed by atoms with Crippen LogP contribution in [0.2, 0.25) is 0 Å². The lowest BCUT2D eigenvalue weighted by atomic mass is 10.4. The number of aromatic nitrogens is 2. The summed E-state index contributed by atoms with van der Waals surface area (Å²) in [6.07, 6.45) is 2.17. The summed E-state index contributed by atoms with van der Waals surface area (Å²) in [6, 6.07) is 5.40. The number of hydrogen-bond donors (Lipinski definition) is 2. The second kappa shape index (κ2) is 2.78. The minimum atomic E-state index is -1.09. The average Bonchev–Trinajstić information content (AvgIpc) is 2.49. The summed E-state index contributed by atoms with van der Waals surface area (Å²) in [5.74, 6) is 0. The minimum absolute atomic E-state index is 0.471. The fraction of sp³-hybridized carbons (Fsp3) is 0. The zero-order valence-corrected chi connectivity index (χ0v) is 6.64. The predicted octanol–water partition coefficient (Wildman–Crippen LogP) is 1.42. The summed E-state index contributed by atoms with van der Waals surface area (Å²) in [6.45, 7) is 0. The van der Waals surface area contributed by atoms with Gasteiger partial charge in [-0.05, 0) is 18.2 Å². The van der Waals surface area contributed by atoms with Gasteiger partial charge in [-0.25, -0.2) is 9.31 Å². The lowest BCUT2D eigenvalue weighted by Gasteiger charge is -1.99. The standard InChI is InChI=1S/C8H7N3O2/c12-8(13)10-6-4-7-2-1-3-11(7)9-5-6/h1-5,10H,(H,12,13). The fourth-order valence-electron chi connectivity index (χ4n) is 1.12. The van der Waals surface area contributed by atoms with Gasteiger partial charge in [0.1, 0.15) is 0 Å². The predicted molar refractivity (Wildman–Crippen MR) is 46.8 cm³/mol. The van der Waals surface area contributed by atoms with Crippen molar-refractivity contribution in [2.75, 3.05) is 5.32 Å². The Bertz CT molecular complexity index is 449. The number of nitrogens with one attached hydrogen (secondary N) is 1. The van der Waals surface area contributed by atoms with Gasteiger partial charge in [-0.1, -0.05) is 0 Å². The van der Waals surface area contributed by atoms with E-state index in [4.69, 9.17) is 5.11 Å². The summed E-state index contributed by atoms with van der Waals surface area (Å²) in [5, 5.41) is 14.7. The van der Waals surface area contributed by atoms with E-state index in [9.17, 15) is 4.79 Å². The van der Waals surface area contributed by atoms with Gasteiger partial charge in [-0.15, -0.1) is 0 Å². The number of fused-ring (bicyclic) bond motifs is 1. The molecule has 0 bridgehead atoms. The van der Waals surface area contributed by atoms with E-state index in [-0.39, 0.29) is 0 Å². The molecule has 2 aromatic rings. The number of carbonyl (C=O) groups is 1. The van der Waals surface area contributed by atoms with E-state index in [2.05, 4.69) is 10.4 Å². The molecule has 5 heteroatoms. The van der Waals surface area contributed by atoms with Crippen molar-refractivity contribution in [3.05, 3.63) is 30.6 Å². The van der Waals surface area contributed by atoms with Crippen LogP contribution in [0.5, 0.6) is 0 Å². The van der Waals surface area contributed by atoms with E-state index in [1.54, 1.807) is 16.8 Å². The van der Waals surface area contributed by atoms with Crippen LogP contribution in [0.1, 0.15) is 0 Å². The smallest absolute Gasteiger partial charge is 0.409 e. The van der Waals surface area contributed by atoms with Gasteiger partial charge in [0.2, 0.25) is 0 Å². The molecule has 1 amide bonds. The fourth-order valence-corrected chi connectivity index (χ4v) is 1.12. The van der Waals surface area contributed by atoms with E-state index in [1.165, 1.54) is 6.20 Å². The summed E-state index contributed by atoms with van der Waals surface area (Å²) < 4.78 is 1.66. The Labute approximate surface area is 73.6 Å². The second-order valence-corrected chi connectivity index (χ2v) is 2.55. The van der Waals surface area contributed by atoms with Crippen molar-refractivity contribution in [1.29, 1.82) is 0 Å². The second-order valence-electron chi connectivity index (χ2n) is 2.55. The molecule has 2 heterocycles. The lowest BCUT2D eigenvalue weighted by molar-refractivity contribution is 0.209. The SMILES string of the molecule is O=C(O)Nc1cnn2cccc2c1. The molecule has 66 valence electrons. The largest absolute Gasteiger partial charge is 0.465 e. The van der Waals surface area contributed by atoms with Crippen molar-refractivity contribution in [1.82, 2.24) is 9.61 Å². The van der Waals surface area contributed by atoms with Crippen LogP contribution in [0.4, 0.5) is 10.5 Å². The lowest BCUT2D eigenvalue weighted by Crippen LogP contribution is -2.07. The quantitative estimate of drug-likeness (QED) is 0.692. The van der Waals surface area contributed by atoms with E-state index in [0.717, 1.165) is 5.52 Å². The molecule has 0 aliphatic rings. The maximum absolute atomic E-state index is 10.3. The molecule has 5 nitrogen and oxygen atoms in total. The molecule has 0 fully saturated rings. The number of hydrogen-bond acceptors (Lipinski definition) is 2. The number of anilines is 1. The third kappa shape index (κ3) is 1.44. The van der Waals surface area contributed by atoms with Crippen molar-refractivity contribution >= 4 is 17.3 Å². The van der Waals surface area contributed by atoms with Crippen molar-refractivity contribution in [2.24, 2.45) is 0 Å². The van der Waals surface area contributed by atoms with Crippen LogP contribution in [0.25, 0.3) is 5.52 Å². The van der Waals surface area contributed by atoms with Crippen LogP contribution < -0.4 is 5.32 Å². The average molecular weight is 177 g/mol. The summed E-state index contributed by atoms with van der Waals surface area (Å²) >= 11 is 0. The van der Waals surface area contributed by atoms with Crippen molar-refractivity contribution < 1.29 is 9.90 Å². The zero-order valence-electron chi connectivity index (χ0n) is 6.64. The molecular weight excluding hydrogens is 170 g/mol. The number of carboxylic acid groups (broad SMARTS) is 1. The molecule has 2 aromatic heterocycles. The van der Waals surface area contributed by atoms with E-state index in [1.807, 2.05) is 12.1 Å². The van der Waals surface area contributed by atoms with Crippen molar-refractivity contribution in [3.63, 3.8) is 0 Å². The van der Waals surface area contributed by atoms with Gasteiger partial charge >= 0.3 is 6.09 Å². The molecule has 0 aromatic carbocycles. The normalized spacial score (nSPS) is 10.2. The number of rotatable bonds is 1. The van der Waals surface area contributed by atoms with Crippen LogP contribution in [0, 0.1) is 0 Å². The molecular formula is C8H7N3O2. The first-order valence-electron chi connectivity index (χ1n) is 3.69. The van der Waals surface area contributed by atoms with Gasteiger partial charge in [0.15, 0.2) is 0 Å². The third-order valence-electron chi connectivity index (χ3n) is 1.63. The maximum Gasteiger partial charge on any atom is 0.409 e. The van der Waals surface area contributed by atoms with E-state index in [0.29, 0.717) is 5.69 Å². The molecule has 0 unspecified atom stereocenters. The molecule has 2 rings (SSSR count). The maximum atomic E-state index is 10.3. The molecule has 0 saturated heterocycles. The van der Waals surface area contributed by atoms with E-state index >= 15 is 0 Å².